The molecule has 5 heteroatoms. The lowest BCUT2D eigenvalue weighted by atomic mass is 10.5. The molecule has 0 unspecified atom stereocenters. The summed E-state index contributed by atoms with van der Waals surface area (Å²) in [5.41, 5.74) is 0. The summed E-state index contributed by atoms with van der Waals surface area (Å²) in [6.07, 6.45) is -0.0648. The van der Waals surface area contributed by atoms with Crippen LogP contribution in [0.2, 0.25) is 0 Å². The zero-order chi connectivity index (χ0) is 10.9. The van der Waals surface area contributed by atoms with E-state index in [9.17, 15) is 9.59 Å². The average Bonchev–Trinajstić information content (AvgIpc) is 2.16. The Hall–Kier alpha value is -0.940. The third kappa shape index (κ3) is 11.1. The summed E-state index contributed by atoms with van der Waals surface area (Å²) in [6, 6.07) is 0. The number of carbonyl (C=O) groups is 2. The van der Waals surface area contributed by atoms with Crippen molar-refractivity contribution in [2.75, 3.05) is 21.3 Å². The van der Waals surface area contributed by atoms with Crippen molar-refractivity contribution >= 4 is 11.8 Å². The lowest BCUT2D eigenvalue weighted by molar-refractivity contribution is -0.150. The highest BCUT2D eigenvalue weighted by Gasteiger charge is 2.03. The third-order valence-corrected chi connectivity index (χ3v) is 1.14. The molecular weight excluding hydrogens is 176 g/mol. The van der Waals surface area contributed by atoms with E-state index < -0.39 is 11.8 Å². The predicted octanol–water partition coefficient (Wildman–Crippen LogP) is 0.374. The largest absolute Gasteiger partial charge is 0.463 e. The Kier molecular flexibility index (Phi) is 10.3. The minimum Gasteiger partial charge on any atom is -0.463 e. The molecule has 0 bridgehead atoms. The van der Waals surface area contributed by atoms with Gasteiger partial charge in [0.05, 0.1) is 7.11 Å². The van der Waals surface area contributed by atoms with E-state index in [1.54, 1.807) is 14.2 Å². The number of carbonyl (C=O) groups excluding carboxylic acids is 2. The molecule has 0 N–H and O–H groups in total. The topological polar surface area (TPSA) is 61.8 Å². The van der Waals surface area contributed by atoms with E-state index in [1.165, 1.54) is 7.11 Å². The number of ether oxygens (including phenoxy) is 3. The normalized spacial score (nSPS) is 8.77. The Bertz CT molecular complexity index is 151. The van der Waals surface area contributed by atoms with Crippen molar-refractivity contribution in [1.82, 2.24) is 0 Å². The van der Waals surface area contributed by atoms with Crippen LogP contribution in [0, 0.1) is 0 Å². The summed E-state index contributed by atoms with van der Waals surface area (Å²) in [5, 5.41) is 0. The zero-order valence-electron chi connectivity index (χ0n) is 8.62. The number of esters is 1. The van der Waals surface area contributed by atoms with E-state index >= 15 is 0 Å². The number of rotatable bonds is 3. The highest BCUT2D eigenvalue weighted by atomic mass is 16.7. The molecule has 13 heavy (non-hydrogen) atoms. The van der Waals surface area contributed by atoms with Crippen LogP contribution in [0.1, 0.15) is 13.8 Å². The van der Waals surface area contributed by atoms with E-state index in [2.05, 4.69) is 14.2 Å². The van der Waals surface area contributed by atoms with E-state index in [0.717, 1.165) is 6.92 Å². The Morgan fingerprint density at radius 1 is 1.08 bits per heavy atom. The first-order valence-corrected chi connectivity index (χ1v) is 3.64. The van der Waals surface area contributed by atoms with Gasteiger partial charge >= 0.3 is 5.97 Å². The van der Waals surface area contributed by atoms with E-state index in [1.807, 2.05) is 6.92 Å². The van der Waals surface area contributed by atoms with Gasteiger partial charge < -0.3 is 14.2 Å². The quantitative estimate of drug-likeness (QED) is 0.367. The Morgan fingerprint density at radius 3 is 1.46 bits per heavy atom. The van der Waals surface area contributed by atoms with Crippen LogP contribution in [0.25, 0.3) is 0 Å². The predicted molar refractivity (Wildman–Crippen MR) is 46.2 cm³/mol. The van der Waals surface area contributed by atoms with Crippen molar-refractivity contribution < 1.29 is 23.8 Å². The molecule has 0 heterocycles. The smallest absolute Gasteiger partial charge is 0.374 e. The molecule has 0 amide bonds. The fourth-order valence-corrected chi connectivity index (χ4v) is 0.240. The second kappa shape index (κ2) is 9.15. The second-order valence-corrected chi connectivity index (χ2v) is 2.09. The maximum absolute atomic E-state index is 9.94. The first-order valence-electron chi connectivity index (χ1n) is 3.64. The van der Waals surface area contributed by atoms with E-state index in [-0.39, 0.29) is 6.29 Å². The SMILES string of the molecule is COC(=O)C(C)=O.COC(C)OC. The number of methoxy groups -OCH3 is 3. The minimum atomic E-state index is -0.792. The molecule has 0 atom stereocenters. The van der Waals surface area contributed by atoms with Gasteiger partial charge in [-0.25, -0.2) is 4.79 Å². The van der Waals surface area contributed by atoms with Crippen molar-refractivity contribution in [3.8, 4) is 0 Å². The highest BCUT2D eigenvalue weighted by Crippen LogP contribution is 1.82. The molecule has 0 spiro atoms. The van der Waals surface area contributed by atoms with Gasteiger partial charge in [0.15, 0.2) is 6.29 Å². The van der Waals surface area contributed by atoms with Crippen LogP contribution in [-0.4, -0.2) is 39.4 Å². The molecule has 0 rings (SSSR count). The van der Waals surface area contributed by atoms with Gasteiger partial charge in [0.25, 0.3) is 0 Å². The number of Topliss-reactive ketones (excluding diaryl/α,β-unsaturated/α-hetero) is 1. The molecule has 0 radical (unpaired) electrons. The number of ketones is 1. The second-order valence-electron chi connectivity index (χ2n) is 2.09. The fraction of sp³-hybridized carbons (Fsp3) is 0.750. The van der Waals surface area contributed by atoms with Crippen LogP contribution in [0.5, 0.6) is 0 Å². The van der Waals surface area contributed by atoms with Crippen molar-refractivity contribution in [1.29, 1.82) is 0 Å². The summed E-state index contributed by atoms with van der Waals surface area (Å²) in [7, 11) is 4.38. The Balaban J connectivity index is 0. The lowest BCUT2D eigenvalue weighted by Gasteiger charge is -2.03. The molecule has 78 valence electrons. The van der Waals surface area contributed by atoms with Gasteiger partial charge in [-0.1, -0.05) is 0 Å². The van der Waals surface area contributed by atoms with Gasteiger partial charge in [0, 0.05) is 21.1 Å². The van der Waals surface area contributed by atoms with Gasteiger partial charge in [-0.2, -0.15) is 0 Å². The molecule has 0 saturated carbocycles. The Morgan fingerprint density at radius 2 is 1.46 bits per heavy atom. The summed E-state index contributed by atoms with van der Waals surface area (Å²) in [6.45, 7) is 2.99. The van der Waals surface area contributed by atoms with Gasteiger partial charge in [-0.3, -0.25) is 4.79 Å². The van der Waals surface area contributed by atoms with Crippen LogP contribution >= 0.6 is 0 Å². The standard InChI is InChI=1S/C4H6O3.C4H10O2/c1-3(5)4(6)7-2;1-4(5-2)6-3/h1-2H3;4H,1-3H3. The summed E-state index contributed by atoms with van der Waals surface area (Å²) < 4.78 is 13.4. The number of hydrogen-bond donors (Lipinski definition) is 0. The van der Waals surface area contributed by atoms with E-state index in [0.29, 0.717) is 0 Å². The monoisotopic (exact) mass is 192 g/mol. The van der Waals surface area contributed by atoms with Crippen LogP contribution in [0.3, 0.4) is 0 Å². The molecule has 0 aliphatic carbocycles. The van der Waals surface area contributed by atoms with Crippen molar-refractivity contribution in [3.05, 3.63) is 0 Å². The summed E-state index contributed by atoms with van der Waals surface area (Å²) in [4.78, 5) is 19.8. The van der Waals surface area contributed by atoms with Crippen molar-refractivity contribution in [2.45, 2.75) is 20.1 Å². The summed E-state index contributed by atoms with van der Waals surface area (Å²) in [5.74, 6) is -1.36. The molecule has 0 aromatic heterocycles. The maximum atomic E-state index is 9.94. The van der Waals surface area contributed by atoms with E-state index in [4.69, 9.17) is 0 Å². The molecule has 0 aliphatic heterocycles. The van der Waals surface area contributed by atoms with Crippen LogP contribution in [-0.2, 0) is 23.8 Å². The molecule has 0 aliphatic rings. The zero-order valence-corrected chi connectivity index (χ0v) is 8.62. The first-order chi connectivity index (χ1) is 5.99. The van der Waals surface area contributed by atoms with Gasteiger partial charge in [-0.05, 0) is 6.92 Å². The molecule has 5 nitrogen and oxygen atoms in total. The first kappa shape index (κ1) is 14.6. The molecular formula is C8H16O5. The van der Waals surface area contributed by atoms with Crippen LogP contribution in [0.15, 0.2) is 0 Å². The van der Waals surface area contributed by atoms with Crippen LogP contribution < -0.4 is 0 Å². The number of hydrogen-bond acceptors (Lipinski definition) is 5. The highest BCUT2D eigenvalue weighted by molar-refractivity contribution is 6.32. The van der Waals surface area contributed by atoms with Crippen molar-refractivity contribution in [3.63, 3.8) is 0 Å². The third-order valence-electron chi connectivity index (χ3n) is 1.14. The average molecular weight is 192 g/mol. The van der Waals surface area contributed by atoms with Crippen molar-refractivity contribution in [2.24, 2.45) is 0 Å². The van der Waals surface area contributed by atoms with Gasteiger partial charge in [0.1, 0.15) is 0 Å². The maximum Gasteiger partial charge on any atom is 0.374 e. The fourth-order valence-electron chi connectivity index (χ4n) is 0.240. The van der Waals surface area contributed by atoms with Gasteiger partial charge in [0.2, 0.25) is 5.78 Å². The molecule has 0 saturated heterocycles. The molecule has 0 aromatic rings. The van der Waals surface area contributed by atoms with Gasteiger partial charge in [-0.15, -0.1) is 0 Å². The minimum absolute atomic E-state index is 0.0648. The Labute approximate surface area is 78.0 Å². The molecule has 0 aromatic carbocycles. The van der Waals surface area contributed by atoms with Crippen LogP contribution in [0.4, 0.5) is 0 Å². The molecule has 0 fully saturated rings. The lowest BCUT2D eigenvalue weighted by Crippen LogP contribution is -2.10. The summed E-state index contributed by atoms with van der Waals surface area (Å²) >= 11 is 0.